The Kier molecular flexibility index (Phi) is 3.97. The molecule has 0 saturated heterocycles. The first-order valence-electron chi connectivity index (χ1n) is 5.35. The van der Waals surface area contributed by atoms with E-state index in [2.05, 4.69) is 15.5 Å². The highest BCUT2D eigenvalue weighted by Gasteiger charge is 2.11. The van der Waals surface area contributed by atoms with Crippen LogP contribution in [0.4, 0.5) is 5.13 Å². The van der Waals surface area contributed by atoms with E-state index in [4.69, 9.17) is 10.9 Å². The molecule has 8 nitrogen and oxygen atoms in total. The number of sulfonamides is 1. The molecule has 0 atom stereocenters. The Bertz CT molecular complexity index is 724. The number of nitrogen functional groups attached to an aromatic ring is 1. The highest BCUT2D eigenvalue weighted by molar-refractivity contribution is 7.89. The Morgan fingerprint density at radius 1 is 1.25 bits per heavy atom. The number of rotatable bonds is 4. The quantitative estimate of drug-likeness (QED) is 0.707. The molecule has 0 aliphatic rings. The monoisotopic (exact) mass is 313 g/mol. The van der Waals surface area contributed by atoms with Crippen molar-refractivity contribution >= 4 is 32.4 Å². The first-order chi connectivity index (χ1) is 9.36. The van der Waals surface area contributed by atoms with E-state index in [9.17, 15) is 13.2 Å². The van der Waals surface area contributed by atoms with Crippen molar-refractivity contribution in [3.05, 3.63) is 34.8 Å². The third-order valence-electron chi connectivity index (χ3n) is 2.34. The SMILES string of the molecule is Nc1nnc(C(=O)NCc2ccc(S(N)(=O)=O)cc2)s1. The van der Waals surface area contributed by atoms with Crippen LogP contribution in [0.3, 0.4) is 0 Å². The number of nitrogens with zero attached hydrogens (tertiary/aromatic N) is 2. The number of hydrogen-bond donors (Lipinski definition) is 3. The molecule has 0 unspecified atom stereocenters. The van der Waals surface area contributed by atoms with E-state index in [1.165, 1.54) is 12.1 Å². The number of nitrogens with one attached hydrogen (secondary N) is 1. The van der Waals surface area contributed by atoms with Crippen molar-refractivity contribution in [3.8, 4) is 0 Å². The number of nitrogens with two attached hydrogens (primary N) is 2. The summed E-state index contributed by atoms with van der Waals surface area (Å²) in [6.45, 7) is 0.225. The van der Waals surface area contributed by atoms with E-state index in [0.29, 0.717) is 0 Å². The molecule has 0 bridgehead atoms. The van der Waals surface area contributed by atoms with Crippen LogP contribution in [0.15, 0.2) is 29.2 Å². The van der Waals surface area contributed by atoms with Crippen LogP contribution in [0.5, 0.6) is 0 Å². The largest absolute Gasteiger partial charge is 0.374 e. The Morgan fingerprint density at radius 2 is 1.90 bits per heavy atom. The van der Waals surface area contributed by atoms with Crippen molar-refractivity contribution in [1.82, 2.24) is 15.5 Å². The standard InChI is InChI=1S/C10H11N5O3S2/c11-10-15-14-9(19-10)8(16)13-5-6-1-3-7(4-2-6)20(12,17)18/h1-4H,5H2,(H2,11,15)(H,13,16)(H2,12,17,18). The van der Waals surface area contributed by atoms with Crippen LogP contribution in [0.25, 0.3) is 0 Å². The lowest BCUT2D eigenvalue weighted by Gasteiger charge is -2.04. The molecule has 1 amide bonds. The molecule has 2 aromatic rings. The van der Waals surface area contributed by atoms with Gasteiger partial charge in [0.05, 0.1) is 4.90 Å². The Hall–Kier alpha value is -2.04. The van der Waals surface area contributed by atoms with E-state index in [-0.39, 0.29) is 21.6 Å². The summed E-state index contributed by atoms with van der Waals surface area (Å²) in [7, 11) is -3.71. The van der Waals surface area contributed by atoms with Gasteiger partial charge in [0.2, 0.25) is 20.2 Å². The van der Waals surface area contributed by atoms with Crippen molar-refractivity contribution in [2.75, 3.05) is 5.73 Å². The summed E-state index contributed by atoms with van der Waals surface area (Å²) in [5.74, 6) is -0.394. The van der Waals surface area contributed by atoms with Crippen LogP contribution in [-0.2, 0) is 16.6 Å². The number of aromatic nitrogens is 2. The molecular formula is C10H11N5O3S2. The van der Waals surface area contributed by atoms with Gasteiger partial charge in [-0.15, -0.1) is 10.2 Å². The third kappa shape index (κ3) is 3.50. The molecule has 1 heterocycles. The number of anilines is 1. The Balaban J connectivity index is 1.99. The lowest BCUT2D eigenvalue weighted by Crippen LogP contribution is -2.22. The van der Waals surface area contributed by atoms with E-state index >= 15 is 0 Å². The van der Waals surface area contributed by atoms with Gasteiger partial charge in [-0.05, 0) is 17.7 Å². The van der Waals surface area contributed by atoms with Crippen LogP contribution in [0.1, 0.15) is 15.4 Å². The fourth-order valence-electron chi connectivity index (χ4n) is 1.38. The molecule has 2 rings (SSSR count). The van der Waals surface area contributed by atoms with Crippen LogP contribution >= 0.6 is 11.3 Å². The average molecular weight is 313 g/mol. The summed E-state index contributed by atoms with van der Waals surface area (Å²) >= 11 is 0.984. The fourth-order valence-corrected chi connectivity index (χ4v) is 2.42. The van der Waals surface area contributed by atoms with Gasteiger partial charge in [-0.3, -0.25) is 4.79 Å². The maximum Gasteiger partial charge on any atom is 0.282 e. The molecule has 20 heavy (non-hydrogen) atoms. The zero-order valence-electron chi connectivity index (χ0n) is 10.1. The van der Waals surface area contributed by atoms with Gasteiger partial charge in [-0.1, -0.05) is 23.5 Å². The van der Waals surface area contributed by atoms with E-state index in [1.54, 1.807) is 12.1 Å². The first kappa shape index (κ1) is 14.4. The molecule has 106 valence electrons. The normalized spacial score (nSPS) is 11.2. The van der Waals surface area contributed by atoms with Gasteiger partial charge in [0.1, 0.15) is 0 Å². The van der Waals surface area contributed by atoms with Crippen molar-refractivity contribution < 1.29 is 13.2 Å². The maximum absolute atomic E-state index is 11.7. The van der Waals surface area contributed by atoms with Gasteiger partial charge in [0.25, 0.3) is 5.91 Å². The minimum atomic E-state index is -3.71. The van der Waals surface area contributed by atoms with Crippen LogP contribution in [0.2, 0.25) is 0 Å². The second-order valence-corrected chi connectivity index (χ2v) is 6.39. The molecular weight excluding hydrogens is 302 g/mol. The molecule has 1 aromatic heterocycles. The Labute approximate surface area is 118 Å². The van der Waals surface area contributed by atoms with E-state index in [0.717, 1.165) is 16.9 Å². The summed E-state index contributed by atoms with van der Waals surface area (Å²) in [5, 5.41) is 15.1. The van der Waals surface area contributed by atoms with Gasteiger partial charge in [-0.25, -0.2) is 13.6 Å². The lowest BCUT2D eigenvalue weighted by molar-refractivity contribution is 0.0950. The molecule has 0 aliphatic carbocycles. The van der Waals surface area contributed by atoms with Crippen LogP contribution < -0.4 is 16.2 Å². The molecule has 0 radical (unpaired) electrons. The highest BCUT2D eigenvalue weighted by Crippen LogP contribution is 2.11. The van der Waals surface area contributed by atoms with Gasteiger partial charge >= 0.3 is 0 Å². The summed E-state index contributed by atoms with van der Waals surface area (Å²) in [5.41, 5.74) is 6.10. The second-order valence-electron chi connectivity index (χ2n) is 3.82. The summed E-state index contributed by atoms with van der Waals surface area (Å²) in [4.78, 5) is 11.7. The number of carbonyl (C=O) groups excluding carboxylic acids is 1. The highest BCUT2D eigenvalue weighted by atomic mass is 32.2. The van der Waals surface area contributed by atoms with Gasteiger partial charge in [0, 0.05) is 6.54 Å². The maximum atomic E-state index is 11.7. The molecule has 5 N–H and O–H groups in total. The molecule has 0 spiro atoms. The van der Waals surface area contributed by atoms with Crippen molar-refractivity contribution in [1.29, 1.82) is 0 Å². The Morgan fingerprint density at radius 3 is 2.40 bits per heavy atom. The molecule has 0 saturated carbocycles. The predicted octanol–water partition coefficient (Wildman–Crippen LogP) is -0.302. The molecule has 1 aromatic carbocycles. The summed E-state index contributed by atoms with van der Waals surface area (Å²) in [6, 6.07) is 5.88. The van der Waals surface area contributed by atoms with Crippen LogP contribution in [-0.4, -0.2) is 24.5 Å². The van der Waals surface area contributed by atoms with Gasteiger partial charge in [-0.2, -0.15) is 0 Å². The lowest BCUT2D eigenvalue weighted by atomic mass is 10.2. The summed E-state index contributed by atoms with van der Waals surface area (Å²) < 4.78 is 22.2. The number of benzene rings is 1. The van der Waals surface area contributed by atoms with E-state index < -0.39 is 15.9 Å². The van der Waals surface area contributed by atoms with Crippen molar-refractivity contribution in [2.45, 2.75) is 11.4 Å². The van der Waals surface area contributed by atoms with Crippen molar-refractivity contribution in [2.24, 2.45) is 5.14 Å². The number of primary sulfonamides is 1. The molecule has 10 heteroatoms. The zero-order chi connectivity index (χ0) is 14.8. The number of carbonyl (C=O) groups is 1. The molecule has 0 aliphatic heterocycles. The minimum Gasteiger partial charge on any atom is -0.374 e. The summed E-state index contributed by atoms with van der Waals surface area (Å²) in [6.07, 6.45) is 0. The van der Waals surface area contributed by atoms with Gasteiger partial charge < -0.3 is 11.1 Å². The average Bonchev–Trinajstić information content (AvgIpc) is 2.82. The fraction of sp³-hybridized carbons (Fsp3) is 0.100. The van der Waals surface area contributed by atoms with Gasteiger partial charge in [0.15, 0.2) is 0 Å². The zero-order valence-corrected chi connectivity index (χ0v) is 11.7. The topological polar surface area (TPSA) is 141 Å². The van der Waals surface area contributed by atoms with Crippen LogP contribution in [0, 0.1) is 0 Å². The number of amides is 1. The first-order valence-corrected chi connectivity index (χ1v) is 7.71. The predicted molar refractivity (Wildman–Crippen MR) is 73.3 cm³/mol. The second kappa shape index (κ2) is 5.53. The van der Waals surface area contributed by atoms with Crippen molar-refractivity contribution in [3.63, 3.8) is 0 Å². The number of hydrogen-bond acceptors (Lipinski definition) is 7. The third-order valence-corrected chi connectivity index (χ3v) is 4.02. The molecule has 0 fully saturated rings. The van der Waals surface area contributed by atoms with E-state index in [1.807, 2.05) is 0 Å². The smallest absolute Gasteiger partial charge is 0.282 e. The minimum absolute atomic E-state index is 0.0180.